The lowest BCUT2D eigenvalue weighted by molar-refractivity contribution is -0.129. The van der Waals surface area contributed by atoms with Crippen LogP contribution in [0.25, 0.3) is 22.1 Å². The van der Waals surface area contributed by atoms with Gasteiger partial charge in [0.1, 0.15) is 5.58 Å². The number of furan rings is 1. The molecule has 2 aromatic heterocycles. The summed E-state index contributed by atoms with van der Waals surface area (Å²) in [6.07, 6.45) is 1.97. The normalized spacial score (nSPS) is 20.2. The van der Waals surface area contributed by atoms with Crippen molar-refractivity contribution in [3.8, 4) is 11.8 Å². The highest BCUT2D eigenvalue weighted by molar-refractivity contribution is 6.04. The van der Waals surface area contributed by atoms with Crippen LogP contribution in [0.2, 0.25) is 0 Å². The van der Waals surface area contributed by atoms with E-state index in [2.05, 4.69) is 22.1 Å². The molecule has 6 nitrogen and oxygen atoms in total. The van der Waals surface area contributed by atoms with Crippen LogP contribution in [-0.2, 0) is 10.3 Å². The van der Waals surface area contributed by atoms with Crippen LogP contribution in [0.15, 0.2) is 34.9 Å². The summed E-state index contributed by atoms with van der Waals surface area (Å²) in [6, 6.07) is 7.78. The minimum Gasteiger partial charge on any atom is -0.438 e. The summed E-state index contributed by atoms with van der Waals surface area (Å²) in [7, 11) is 1.60. The number of hydrogen-bond acceptors (Lipinski definition) is 4. The van der Waals surface area contributed by atoms with Gasteiger partial charge in [0.15, 0.2) is 5.96 Å². The number of amides is 1. The first-order valence-electron chi connectivity index (χ1n) is 8.30. The standard InChI is InChI=1S/C20H18N4O2/c1-4-5-12-8-15-14-9-13(6-7-16(14)26-18(15)22-11-12)20(2)10-17(25)24(3)19(21)23-20/h6-9,11H,10H2,1-3H3,(H2,21,23). The summed E-state index contributed by atoms with van der Waals surface area (Å²) in [5.41, 5.74) is 2.40. The number of nitrogens with one attached hydrogen (secondary N) is 2. The van der Waals surface area contributed by atoms with Crippen molar-refractivity contribution in [3.05, 3.63) is 41.6 Å². The first-order valence-corrected chi connectivity index (χ1v) is 8.30. The van der Waals surface area contributed by atoms with Crippen molar-refractivity contribution in [2.45, 2.75) is 25.8 Å². The summed E-state index contributed by atoms with van der Waals surface area (Å²) in [5.74, 6) is 5.90. The number of guanidine groups is 1. The average molecular weight is 346 g/mol. The molecular formula is C20H18N4O2. The number of hydrogen-bond donors (Lipinski definition) is 2. The van der Waals surface area contributed by atoms with Gasteiger partial charge in [0.2, 0.25) is 11.6 Å². The Morgan fingerprint density at radius 3 is 2.88 bits per heavy atom. The highest BCUT2D eigenvalue weighted by Gasteiger charge is 2.38. The second kappa shape index (κ2) is 5.60. The van der Waals surface area contributed by atoms with Crippen LogP contribution in [0, 0.1) is 17.3 Å². The van der Waals surface area contributed by atoms with Crippen LogP contribution in [0.5, 0.6) is 0 Å². The highest BCUT2D eigenvalue weighted by Crippen LogP contribution is 2.34. The van der Waals surface area contributed by atoms with Crippen LogP contribution in [0.4, 0.5) is 0 Å². The molecule has 0 saturated carbocycles. The largest absolute Gasteiger partial charge is 0.438 e. The molecule has 1 amide bonds. The van der Waals surface area contributed by atoms with Crippen LogP contribution >= 0.6 is 0 Å². The number of pyridine rings is 1. The van der Waals surface area contributed by atoms with Crippen molar-refractivity contribution < 1.29 is 9.21 Å². The first-order chi connectivity index (χ1) is 12.4. The molecule has 1 saturated heterocycles. The van der Waals surface area contributed by atoms with Gasteiger partial charge in [-0.25, -0.2) is 4.98 Å². The van der Waals surface area contributed by atoms with E-state index in [0.29, 0.717) is 5.71 Å². The first kappa shape index (κ1) is 16.2. The summed E-state index contributed by atoms with van der Waals surface area (Å²) in [6.45, 7) is 3.72. The third-order valence-corrected chi connectivity index (χ3v) is 4.84. The zero-order valence-corrected chi connectivity index (χ0v) is 14.8. The molecule has 4 rings (SSSR count). The van der Waals surface area contributed by atoms with E-state index >= 15 is 0 Å². The topological polar surface area (TPSA) is 82.2 Å². The van der Waals surface area contributed by atoms with Gasteiger partial charge >= 0.3 is 0 Å². The third kappa shape index (κ3) is 2.40. The maximum absolute atomic E-state index is 12.2. The van der Waals surface area contributed by atoms with E-state index in [0.717, 1.165) is 27.5 Å². The lowest BCUT2D eigenvalue weighted by Gasteiger charge is -2.39. The molecule has 26 heavy (non-hydrogen) atoms. The van der Waals surface area contributed by atoms with Gasteiger partial charge in [-0.05, 0) is 37.6 Å². The Bertz CT molecular complexity index is 1120. The molecular weight excluding hydrogens is 328 g/mol. The minimum absolute atomic E-state index is 0.0874. The van der Waals surface area contributed by atoms with Crippen molar-refractivity contribution in [1.82, 2.24) is 15.2 Å². The van der Waals surface area contributed by atoms with Crippen molar-refractivity contribution in [3.63, 3.8) is 0 Å². The number of nitrogens with zero attached hydrogens (tertiary/aromatic N) is 2. The summed E-state index contributed by atoms with van der Waals surface area (Å²) in [5, 5.41) is 13.0. The van der Waals surface area contributed by atoms with Crippen molar-refractivity contribution in [2.24, 2.45) is 0 Å². The number of carbonyl (C=O) groups is 1. The molecule has 3 aromatic rings. The van der Waals surface area contributed by atoms with Crippen molar-refractivity contribution in [2.75, 3.05) is 7.05 Å². The van der Waals surface area contributed by atoms with Gasteiger partial charge in [-0.2, -0.15) is 0 Å². The van der Waals surface area contributed by atoms with E-state index in [1.54, 1.807) is 20.2 Å². The second-order valence-electron chi connectivity index (χ2n) is 6.70. The second-order valence-corrected chi connectivity index (χ2v) is 6.70. The predicted molar refractivity (Wildman–Crippen MR) is 99.7 cm³/mol. The highest BCUT2D eigenvalue weighted by atomic mass is 16.3. The predicted octanol–water partition coefficient (Wildman–Crippen LogP) is 2.95. The SMILES string of the molecule is CC#Cc1cnc2oc3ccc(C4(C)CC(=O)N(C)C(=N)N4)cc3c2c1. The molecule has 0 radical (unpaired) electrons. The number of benzene rings is 1. The molecule has 130 valence electrons. The Morgan fingerprint density at radius 2 is 2.15 bits per heavy atom. The Kier molecular flexibility index (Phi) is 3.48. The fourth-order valence-electron chi connectivity index (χ4n) is 3.33. The Morgan fingerprint density at radius 1 is 1.35 bits per heavy atom. The van der Waals surface area contributed by atoms with Gasteiger partial charge in [-0.1, -0.05) is 12.0 Å². The smallest absolute Gasteiger partial charge is 0.231 e. The van der Waals surface area contributed by atoms with E-state index in [4.69, 9.17) is 9.83 Å². The molecule has 1 fully saturated rings. The van der Waals surface area contributed by atoms with Gasteiger partial charge in [-0.3, -0.25) is 15.1 Å². The van der Waals surface area contributed by atoms with E-state index in [9.17, 15) is 4.79 Å². The van der Waals surface area contributed by atoms with Crippen LogP contribution in [0.3, 0.4) is 0 Å². The summed E-state index contributed by atoms with van der Waals surface area (Å²) in [4.78, 5) is 17.9. The number of aromatic nitrogens is 1. The molecule has 0 bridgehead atoms. The van der Waals surface area contributed by atoms with E-state index in [1.807, 2.05) is 31.2 Å². The van der Waals surface area contributed by atoms with Crippen LogP contribution < -0.4 is 5.32 Å². The fourth-order valence-corrected chi connectivity index (χ4v) is 3.33. The van der Waals surface area contributed by atoms with E-state index in [1.165, 1.54) is 4.90 Å². The zero-order chi connectivity index (χ0) is 18.5. The average Bonchev–Trinajstić information content (AvgIpc) is 2.97. The summed E-state index contributed by atoms with van der Waals surface area (Å²) >= 11 is 0. The Labute approximate surface area is 150 Å². The maximum atomic E-state index is 12.2. The monoisotopic (exact) mass is 346 g/mol. The maximum Gasteiger partial charge on any atom is 0.231 e. The lowest BCUT2D eigenvalue weighted by atomic mass is 9.86. The number of fused-ring (bicyclic) bond motifs is 3. The van der Waals surface area contributed by atoms with E-state index < -0.39 is 5.54 Å². The zero-order valence-electron chi connectivity index (χ0n) is 14.8. The van der Waals surface area contributed by atoms with Crippen LogP contribution in [-0.4, -0.2) is 28.8 Å². The Balaban J connectivity index is 1.87. The molecule has 2 N–H and O–H groups in total. The number of carbonyl (C=O) groups excluding carboxylic acids is 1. The Hall–Kier alpha value is -3.33. The van der Waals surface area contributed by atoms with Crippen molar-refractivity contribution >= 4 is 33.9 Å². The molecule has 0 spiro atoms. The van der Waals surface area contributed by atoms with Gasteiger partial charge in [0, 0.05) is 29.6 Å². The van der Waals surface area contributed by atoms with Crippen molar-refractivity contribution in [1.29, 1.82) is 5.41 Å². The van der Waals surface area contributed by atoms with Gasteiger partial charge in [-0.15, -0.1) is 5.92 Å². The molecule has 3 heterocycles. The molecule has 1 atom stereocenters. The minimum atomic E-state index is -0.646. The molecule has 1 aromatic carbocycles. The quantitative estimate of drug-likeness (QED) is 0.664. The van der Waals surface area contributed by atoms with Gasteiger partial charge in [0.05, 0.1) is 12.0 Å². The van der Waals surface area contributed by atoms with Gasteiger partial charge < -0.3 is 9.73 Å². The molecule has 6 heteroatoms. The molecule has 0 aliphatic carbocycles. The molecule has 1 aliphatic heterocycles. The third-order valence-electron chi connectivity index (χ3n) is 4.84. The molecule has 1 unspecified atom stereocenters. The van der Waals surface area contributed by atoms with Gasteiger partial charge in [0.25, 0.3) is 0 Å². The fraction of sp³-hybridized carbons (Fsp3) is 0.250. The summed E-state index contributed by atoms with van der Waals surface area (Å²) < 4.78 is 5.82. The van der Waals surface area contributed by atoms with E-state index in [-0.39, 0.29) is 18.3 Å². The lowest BCUT2D eigenvalue weighted by Crippen LogP contribution is -2.58. The molecule has 1 aliphatic rings. The van der Waals surface area contributed by atoms with Crippen LogP contribution in [0.1, 0.15) is 31.4 Å². The number of rotatable bonds is 1.